The Morgan fingerprint density at radius 1 is 0.889 bits per heavy atom. The molecule has 108 valence electrons. The van der Waals surface area contributed by atoms with Crippen LogP contribution in [0, 0.1) is 0 Å². The molecule has 0 aromatic carbocycles. The fraction of sp³-hybridized carbons (Fsp3) is 0.875. The minimum absolute atomic E-state index is 0.391. The highest BCUT2D eigenvalue weighted by Crippen LogP contribution is 2.26. The van der Waals surface area contributed by atoms with E-state index in [1.54, 1.807) is 14.2 Å². The van der Waals surface area contributed by atoms with E-state index >= 15 is 0 Å². The predicted octanol–water partition coefficient (Wildman–Crippen LogP) is 5.08. The van der Waals surface area contributed by atoms with Crippen LogP contribution in [0.4, 0.5) is 0 Å². The van der Waals surface area contributed by atoms with Crippen molar-refractivity contribution in [1.82, 2.24) is 0 Å². The van der Waals surface area contributed by atoms with Crippen LogP contribution in [-0.2, 0) is 9.47 Å². The van der Waals surface area contributed by atoms with Gasteiger partial charge < -0.3 is 9.47 Å². The van der Waals surface area contributed by atoms with Crippen LogP contribution in [0.15, 0.2) is 12.7 Å². The number of unbranched alkanes of at least 4 members (excludes halogenated alkanes) is 6. The van der Waals surface area contributed by atoms with E-state index in [0.29, 0.717) is 0 Å². The van der Waals surface area contributed by atoms with Gasteiger partial charge in [0.25, 0.3) is 0 Å². The predicted molar refractivity (Wildman–Crippen MR) is 78.8 cm³/mol. The molecule has 0 amide bonds. The Bertz CT molecular complexity index is 186. The van der Waals surface area contributed by atoms with Gasteiger partial charge in [0.15, 0.2) is 5.79 Å². The maximum Gasteiger partial charge on any atom is 0.167 e. The fourth-order valence-corrected chi connectivity index (χ4v) is 2.29. The molecule has 0 bridgehead atoms. The first-order chi connectivity index (χ1) is 8.74. The number of hydrogen-bond acceptors (Lipinski definition) is 2. The molecular weight excluding hydrogens is 224 g/mol. The van der Waals surface area contributed by atoms with E-state index in [9.17, 15) is 0 Å². The summed E-state index contributed by atoms with van der Waals surface area (Å²) in [7, 11) is 3.49. The summed E-state index contributed by atoms with van der Waals surface area (Å²) in [5.41, 5.74) is 0. The molecule has 0 fully saturated rings. The lowest BCUT2D eigenvalue weighted by Gasteiger charge is -2.30. The maximum atomic E-state index is 5.56. The summed E-state index contributed by atoms with van der Waals surface area (Å²) in [4.78, 5) is 0. The molecule has 18 heavy (non-hydrogen) atoms. The summed E-state index contributed by atoms with van der Waals surface area (Å²) in [5.74, 6) is -0.391. The molecule has 0 N–H and O–H groups in total. The second-order valence-electron chi connectivity index (χ2n) is 5.02. The molecule has 0 aliphatic rings. The highest BCUT2D eigenvalue weighted by molar-refractivity contribution is 4.76. The lowest BCUT2D eigenvalue weighted by atomic mass is 10.0. The molecule has 2 nitrogen and oxygen atoms in total. The highest BCUT2D eigenvalue weighted by atomic mass is 16.7. The molecule has 0 spiro atoms. The monoisotopic (exact) mass is 256 g/mol. The molecule has 0 radical (unpaired) electrons. The Labute approximate surface area is 114 Å². The Hall–Kier alpha value is -0.340. The average molecular weight is 256 g/mol. The van der Waals surface area contributed by atoms with Gasteiger partial charge in [-0.05, 0) is 12.8 Å². The molecule has 0 aromatic rings. The van der Waals surface area contributed by atoms with Gasteiger partial charge in [-0.1, -0.05) is 51.5 Å². The van der Waals surface area contributed by atoms with E-state index < -0.39 is 5.79 Å². The van der Waals surface area contributed by atoms with Gasteiger partial charge in [-0.2, -0.15) is 0 Å². The van der Waals surface area contributed by atoms with Crippen LogP contribution in [-0.4, -0.2) is 20.0 Å². The number of methoxy groups -OCH3 is 2. The minimum atomic E-state index is -0.391. The third-order valence-corrected chi connectivity index (χ3v) is 3.63. The van der Waals surface area contributed by atoms with Crippen molar-refractivity contribution >= 4 is 0 Å². The van der Waals surface area contributed by atoms with E-state index in [4.69, 9.17) is 9.47 Å². The molecule has 0 aromatic heterocycles. The van der Waals surface area contributed by atoms with E-state index in [1.807, 2.05) is 6.08 Å². The fourth-order valence-electron chi connectivity index (χ4n) is 2.29. The van der Waals surface area contributed by atoms with E-state index in [1.165, 1.54) is 44.9 Å². The van der Waals surface area contributed by atoms with Gasteiger partial charge in [-0.15, -0.1) is 6.58 Å². The van der Waals surface area contributed by atoms with Crippen LogP contribution in [0.2, 0.25) is 0 Å². The quantitative estimate of drug-likeness (QED) is 0.260. The van der Waals surface area contributed by atoms with Gasteiger partial charge in [0.05, 0.1) is 0 Å². The smallest absolute Gasteiger partial charge is 0.167 e. The maximum absolute atomic E-state index is 5.56. The van der Waals surface area contributed by atoms with E-state index in [-0.39, 0.29) is 0 Å². The minimum Gasteiger partial charge on any atom is -0.353 e. The van der Waals surface area contributed by atoms with Crippen LogP contribution in [0.25, 0.3) is 0 Å². The lowest BCUT2D eigenvalue weighted by molar-refractivity contribution is -0.214. The van der Waals surface area contributed by atoms with Crippen LogP contribution in [0.3, 0.4) is 0 Å². The molecule has 0 saturated carbocycles. The van der Waals surface area contributed by atoms with Crippen LogP contribution in [0.1, 0.15) is 71.1 Å². The summed E-state index contributed by atoms with van der Waals surface area (Å²) in [6.07, 6.45) is 14.0. The van der Waals surface area contributed by atoms with Crippen LogP contribution in [0.5, 0.6) is 0 Å². The van der Waals surface area contributed by atoms with E-state index in [2.05, 4.69) is 13.5 Å². The molecule has 0 unspecified atom stereocenters. The van der Waals surface area contributed by atoms with Gasteiger partial charge >= 0.3 is 0 Å². The largest absolute Gasteiger partial charge is 0.353 e. The van der Waals surface area contributed by atoms with Crippen molar-refractivity contribution in [3.8, 4) is 0 Å². The lowest BCUT2D eigenvalue weighted by Crippen LogP contribution is -2.33. The third-order valence-electron chi connectivity index (χ3n) is 3.63. The van der Waals surface area contributed by atoms with Crippen molar-refractivity contribution < 1.29 is 9.47 Å². The van der Waals surface area contributed by atoms with E-state index in [0.717, 1.165) is 19.3 Å². The Morgan fingerprint density at radius 3 is 1.94 bits per heavy atom. The topological polar surface area (TPSA) is 18.5 Å². The first-order valence-electron chi connectivity index (χ1n) is 7.46. The number of hydrogen-bond donors (Lipinski definition) is 0. The van der Waals surface area contributed by atoms with Gasteiger partial charge in [0, 0.05) is 27.1 Å². The first kappa shape index (κ1) is 17.7. The molecule has 0 atom stereocenters. The molecule has 0 rings (SSSR count). The Morgan fingerprint density at radius 2 is 1.44 bits per heavy atom. The number of ether oxygens (including phenoxy) is 2. The van der Waals surface area contributed by atoms with Gasteiger partial charge in [-0.25, -0.2) is 0 Å². The zero-order valence-electron chi connectivity index (χ0n) is 12.7. The van der Waals surface area contributed by atoms with Crippen molar-refractivity contribution in [3.05, 3.63) is 12.7 Å². The van der Waals surface area contributed by atoms with Gasteiger partial charge in [0.2, 0.25) is 0 Å². The molecule has 0 heterocycles. The standard InChI is InChI=1S/C16H32O2/c1-5-7-9-10-11-12-13-15-16(17-3,18-4)14-8-6-2/h6H,2,5,7-15H2,1,3-4H3. The Kier molecular flexibility index (Phi) is 11.5. The SMILES string of the molecule is C=CCCC(CCCCCCCCC)(OC)OC. The summed E-state index contributed by atoms with van der Waals surface area (Å²) in [6, 6.07) is 0. The van der Waals surface area contributed by atoms with Gasteiger partial charge in [-0.3, -0.25) is 0 Å². The Balaban J connectivity index is 3.72. The number of rotatable bonds is 13. The highest BCUT2D eigenvalue weighted by Gasteiger charge is 2.27. The molecule has 0 aliphatic carbocycles. The first-order valence-corrected chi connectivity index (χ1v) is 7.46. The second-order valence-corrected chi connectivity index (χ2v) is 5.02. The van der Waals surface area contributed by atoms with Crippen LogP contribution < -0.4 is 0 Å². The van der Waals surface area contributed by atoms with Crippen molar-refractivity contribution in [2.24, 2.45) is 0 Å². The van der Waals surface area contributed by atoms with Crippen molar-refractivity contribution in [1.29, 1.82) is 0 Å². The zero-order valence-corrected chi connectivity index (χ0v) is 12.7. The second kappa shape index (κ2) is 11.7. The third kappa shape index (κ3) is 7.88. The van der Waals surface area contributed by atoms with Crippen molar-refractivity contribution in [2.75, 3.05) is 14.2 Å². The summed E-state index contributed by atoms with van der Waals surface area (Å²) in [5, 5.41) is 0. The zero-order chi connectivity index (χ0) is 13.7. The molecule has 2 heteroatoms. The molecule has 0 saturated heterocycles. The molecule has 0 aliphatic heterocycles. The van der Waals surface area contributed by atoms with Crippen molar-refractivity contribution in [3.63, 3.8) is 0 Å². The average Bonchev–Trinajstić information content (AvgIpc) is 2.42. The summed E-state index contributed by atoms with van der Waals surface area (Å²) in [6.45, 7) is 6.01. The molecular formula is C16H32O2. The van der Waals surface area contributed by atoms with Gasteiger partial charge in [0.1, 0.15) is 0 Å². The normalized spacial score (nSPS) is 11.7. The van der Waals surface area contributed by atoms with Crippen LogP contribution >= 0.6 is 0 Å². The number of allylic oxidation sites excluding steroid dienone is 1. The summed E-state index contributed by atoms with van der Waals surface area (Å²) >= 11 is 0. The van der Waals surface area contributed by atoms with Crippen molar-refractivity contribution in [2.45, 2.75) is 76.9 Å². The summed E-state index contributed by atoms with van der Waals surface area (Å²) < 4.78 is 11.1.